The number of rotatable bonds is 24. The number of nitrogens with two attached hydrogens (primary N) is 1. The van der Waals surface area contributed by atoms with Gasteiger partial charge in [0.05, 0.1) is 102 Å². The van der Waals surface area contributed by atoms with Gasteiger partial charge in [0, 0.05) is 82.5 Å². The van der Waals surface area contributed by atoms with Gasteiger partial charge in [-0.05, 0) is 112 Å². The molecular weight excluding hydrogens is 1850 g/mol. The predicted octanol–water partition coefficient (Wildman–Crippen LogP) is 17.9. The Morgan fingerprint density at radius 2 is 0.743 bits per heavy atom. The number of ether oxygens (including phenoxy) is 2. The van der Waals surface area contributed by atoms with Crippen LogP contribution in [-0.2, 0) is 16.0 Å². The predicted molar refractivity (Wildman–Crippen MR) is 520 cm³/mol. The number of nitrogens with zero attached hydrogens (tertiary/aromatic N) is 25. The zero-order valence-electron chi connectivity index (χ0n) is 74.6. The van der Waals surface area contributed by atoms with Crippen LogP contribution in [0, 0.1) is 6.57 Å². The number of fused-ring (bicyclic) bond motifs is 5. The maximum Gasteiger partial charge on any atom is 0.341 e. The van der Waals surface area contributed by atoms with Crippen LogP contribution < -0.4 is 31.7 Å². The highest BCUT2D eigenvalue weighted by Crippen LogP contribution is 2.46. The summed E-state index contributed by atoms with van der Waals surface area (Å²) >= 11 is 0. The molecule has 0 aliphatic carbocycles. The first-order valence-electron chi connectivity index (χ1n) is 42.5. The van der Waals surface area contributed by atoms with E-state index in [2.05, 4.69) is 127 Å². The topological polar surface area (TPSA) is 605 Å². The van der Waals surface area contributed by atoms with Crippen molar-refractivity contribution in [1.29, 1.82) is 0 Å². The maximum absolute atomic E-state index is 13.3. The van der Waals surface area contributed by atoms with Crippen molar-refractivity contribution in [2.24, 2.45) is 46.6 Å². The number of anilines is 4. The van der Waals surface area contributed by atoms with Crippen molar-refractivity contribution in [1.82, 2.24) is 79.0 Å². The van der Waals surface area contributed by atoms with Crippen LogP contribution in [0.2, 0.25) is 0 Å². The number of methoxy groups -OCH3 is 2. The molecule has 45 heteroatoms. The molecule has 0 bridgehead atoms. The van der Waals surface area contributed by atoms with Crippen molar-refractivity contribution >= 4 is 172 Å². The monoisotopic (exact) mass is 1920 g/mol. The molecule has 9 heterocycles. The van der Waals surface area contributed by atoms with E-state index in [1.165, 1.54) is 132 Å². The van der Waals surface area contributed by atoms with Gasteiger partial charge < -0.3 is 56.9 Å². The summed E-state index contributed by atoms with van der Waals surface area (Å²) in [5.41, 5.74) is 8.45. The third kappa shape index (κ3) is 19.9. The van der Waals surface area contributed by atoms with Gasteiger partial charge in [0.15, 0.2) is 65.1 Å². The molecule has 45 nitrogen and oxygen atoms in total. The number of para-hydroxylation sites is 3. The second-order valence-corrected chi connectivity index (χ2v) is 30.2. The van der Waals surface area contributed by atoms with Crippen LogP contribution in [0.3, 0.4) is 0 Å². The van der Waals surface area contributed by atoms with Crippen LogP contribution in [0.5, 0.6) is 28.7 Å². The molecule has 0 radical (unpaired) electrons. The summed E-state index contributed by atoms with van der Waals surface area (Å²) in [5, 5.41) is 110. The Kier molecular flexibility index (Phi) is 27.8. The molecule has 20 rings (SSSR count). The number of esters is 1. The van der Waals surface area contributed by atoms with Gasteiger partial charge in [-0.25, -0.2) is 49.5 Å². The number of phenols is 4. The number of carbonyl (C=O) groups is 9. The van der Waals surface area contributed by atoms with Crippen LogP contribution in [-0.4, -0.2) is 168 Å². The molecular formula is C99H68N30O15. The fraction of sp³-hybridized carbons (Fsp3) is 0.0303. The third-order valence-electron chi connectivity index (χ3n) is 21.4. The highest BCUT2D eigenvalue weighted by molar-refractivity contribution is 6.16. The number of nitrogens with one attached hydrogen (secondary N) is 4. The van der Waals surface area contributed by atoms with Crippen molar-refractivity contribution in [2.45, 2.75) is 6.42 Å². The molecule has 1 aliphatic rings. The number of azo groups is 4. The summed E-state index contributed by atoms with van der Waals surface area (Å²) < 4.78 is 15.0. The average Bonchev–Trinajstić information content (AvgIpc) is 0.923. The minimum absolute atomic E-state index is 0.0185. The van der Waals surface area contributed by atoms with E-state index in [1.54, 1.807) is 188 Å². The number of primary amides is 1. The summed E-state index contributed by atoms with van der Waals surface area (Å²) in [7, 11) is 2.72. The van der Waals surface area contributed by atoms with Crippen LogP contribution in [0.4, 0.5) is 74.5 Å². The summed E-state index contributed by atoms with van der Waals surface area (Å²) in [6.45, 7) is 7.35. The van der Waals surface area contributed by atoms with Crippen molar-refractivity contribution < 1.29 is 73.1 Å². The van der Waals surface area contributed by atoms with E-state index in [4.69, 9.17) is 21.8 Å². The number of aromatic hydroxyl groups is 4. The normalized spacial score (nSPS) is 11.4. The largest absolute Gasteiger partial charge is 0.505 e. The molecule has 1 aliphatic heterocycles. The number of aromatic nitrogens is 16. The Bertz CT molecular complexity index is 8460. The minimum atomic E-state index is -0.719. The van der Waals surface area contributed by atoms with E-state index >= 15 is 0 Å². The Labute approximate surface area is 809 Å². The summed E-state index contributed by atoms with van der Waals surface area (Å²) in [6, 6.07) is 59.1. The first-order valence-corrected chi connectivity index (χ1v) is 42.5. The fourth-order valence-electron chi connectivity index (χ4n) is 14.6. The number of benzene rings is 11. The molecule has 0 spiro atoms. The fourth-order valence-corrected chi connectivity index (χ4v) is 14.6. The molecule has 704 valence electrons. The lowest BCUT2D eigenvalue weighted by Gasteiger charge is -2.13. The van der Waals surface area contributed by atoms with E-state index in [-0.39, 0.29) is 150 Å². The Balaban J connectivity index is 0.000000132. The summed E-state index contributed by atoms with van der Waals surface area (Å²) in [6.07, 6.45) is 19.4. The number of amides is 5. The van der Waals surface area contributed by atoms with E-state index < -0.39 is 41.1 Å². The molecule has 0 atom stereocenters. The Morgan fingerprint density at radius 1 is 0.403 bits per heavy atom. The smallest absolute Gasteiger partial charge is 0.341 e. The zero-order chi connectivity index (χ0) is 100. The molecule has 10 N–H and O–H groups in total. The third-order valence-corrected chi connectivity index (χ3v) is 21.4. The molecule has 0 saturated heterocycles. The van der Waals surface area contributed by atoms with Crippen LogP contribution in [0.25, 0.3) is 71.7 Å². The van der Waals surface area contributed by atoms with Gasteiger partial charge in [-0.15, -0.1) is 40.9 Å². The molecule has 0 unspecified atom stereocenters. The lowest BCUT2D eigenvalue weighted by atomic mass is 10.0. The first kappa shape index (κ1) is 94.1. The quantitative estimate of drug-likeness (QED) is 0.0117. The van der Waals surface area contributed by atoms with Gasteiger partial charge in [-0.1, -0.05) is 127 Å². The minimum Gasteiger partial charge on any atom is -0.505 e. The van der Waals surface area contributed by atoms with E-state index in [9.17, 15) is 63.6 Å². The van der Waals surface area contributed by atoms with Crippen molar-refractivity contribution in [3.8, 4) is 52.5 Å². The molecule has 0 fully saturated rings. The van der Waals surface area contributed by atoms with Crippen LogP contribution in [0.15, 0.2) is 328 Å². The van der Waals surface area contributed by atoms with Crippen molar-refractivity contribution in [3.05, 3.63) is 348 Å². The van der Waals surface area contributed by atoms with Gasteiger partial charge in [-0.2, -0.15) is 39.1 Å². The lowest BCUT2D eigenvalue weighted by Crippen LogP contribution is -2.18. The second kappa shape index (κ2) is 42.5. The molecule has 144 heavy (non-hydrogen) atoms. The number of hydrogen-bond acceptors (Lipinski definition) is 35. The van der Waals surface area contributed by atoms with E-state index in [0.29, 0.717) is 84.8 Å². The summed E-state index contributed by atoms with van der Waals surface area (Å²) in [4.78, 5) is 146. The average molecular weight is 1920 g/mol. The van der Waals surface area contributed by atoms with Gasteiger partial charge in [0.2, 0.25) is 5.91 Å². The van der Waals surface area contributed by atoms with E-state index in [1.807, 2.05) is 0 Å². The number of aldehydes is 3. The number of hydrogen-bond donors (Lipinski definition) is 9. The number of carbonyl (C=O) groups excluding carboxylic acids is 9. The highest BCUT2D eigenvalue weighted by Gasteiger charge is 2.29. The maximum atomic E-state index is 13.3. The van der Waals surface area contributed by atoms with Crippen LogP contribution in [0.1, 0.15) is 88.4 Å². The first-order chi connectivity index (χ1) is 70.2. The van der Waals surface area contributed by atoms with Gasteiger partial charge >= 0.3 is 5.97 Å². The van der Waals surface area contributed by atoms with Crippen LogP contribution >= 0.6 is 0 Å². The summed E-state index contributed by atoms with van der Waals surface area (Å²) in [5.74, 6) is -3.61. The molecule has 5 amide bonds. The Morgan fingerprint density at radius 3 is 1.13 bits per heavy atom. The van der Waals surface area contributed by atoms with Gasteiger partial charge in [0.25, 0.3) is 53.1 Å². The standard InChI is InChI=1S/C27H18N8O4.C26H18N8O4.C26H19N7O4.C20H13N7O3/c36-14-17-13-30-35(27-28-8-3-9-29-27)25(17)34-33-23-19-5-2-1-4-15(19)10-20(24(23)38)26(39)31-18-7-6-16-11-22(37)32-21(16)12-18;27-23(37)18-8-3-4-9-20(18)31-25(38)19-12-15-6-1-2-7-17(15)21(22(19)36)32-33-24-16(14-35)13-30-34(24)26-28-10-5-11-29-26;1-37-21-10-5-4-9-20(21)30-25(36)19-13-16-7-2-3-8-18(16)22(23(19)35)31-32-24-17(15-34)14-29-33(24)26-27-11-6-12-28-26;1-21-15-11-24-27(20-22-8-5-9-23-20)18(15)26-25-16-13-7-4-3-6-12(13)10-14(17(16)28)19(29)30-2/h1-10,12-14,38H,11H2,(H,31,39)(H,32,37);1-14,36H,(H2,27,37)(H,31,38);2-15,35H,1H3,(H,30,36);3-11,28H,2H3. The molecule has 11 aromatic carbocycles. The Hall–Kier alpha value is -21.7. The van der Waals surface area contributed by atoms with E-state index in [0.717, 1.165) is 5.56 Å². The van der Waals surface area contributed by atoms with Gasteiger partial charge in [-0.3, -0.25) is 38.4 Å². The number of phenolic OH excluding ortho intramolecular Hbond substituents is 4. The highest BCUT2D eigenvalue weighted by atomic mass is 16.5. The van der Waals surface area contributed by atoms with Gasteiger partial charge in [0.1, 0.15) is 34.1 Å². The lowest BCUT2D eigenvalue weighted by molar-refractivity contribution is -0.115. The molecule has 19 aromatic rings. The second-order valence-electron chi connectivity index (χ2n) is 30.2. The molecule has 8 aromatic heterocycles. The SMILES string of the molecule is COc1ccccc1NC(=O)c1cc2ccccc2c(N=Nc2c(C=O)cnn2-c2ncccn2)c1O.NC(=O)c1ccccc1NC(=O)c1cc2ccccc2c(N=Nc2c(C=O)cnn2-c2ncccn2)c1O.O=Cc1cnn(-c2ncccn2)c1N=Nc1c(O)c(C(=O)Nc2ccc3c(c2)NC(=O)C3)cc2ccccc12.[C-]#[N+]c1cnn(-c2ncccn2)c1N=Nc1c(O)c(C(=O)OC)cc2ccccc12. The molecule has 0 saturated carbocycles. The van der Waals surface area contributed by atoms with Crippen molar-refractivity contribution in [3.63, 3.8) is 0 Å². The van der Waals surface area contributed by atoms with Crippen molar-refractivity contribution in [2.75, 3.05) is 35.5 Å². The zero-order valence-corrected chi connectivity index (χ0v) is 74.6.